The van der Waals surface area contributed by atoms with Gasteiger partial charge in [-0.15, -0.1) is 0 Å². The van der Waals surface area contributed by atoms with Crippen molar-refractivity contribution in [2.75, 3.05) is 6.54 Å². The molecule has 1 aromatic carbocycles. The highest BCUT2D eigenvalue weighted by Crippen LogP contribution is 2.19. The van der Waals surface area contributed by atoms with Gasteiger partial charge in [0.2, 0.25) is 0 Å². The van der Waals surface area contributed by atoms with Gasteiger partial charge in [-0.3, -0.25) is 20.4 Å². The Morgan fingerprint density at radius 1 is 1.13 bits per heavy atom. The minimum Gasteiger partial charge on any atom is -0.462 e. The van der Waals surface area contributed by atoms with Gasteiger partial charge in [0.25, 0.3) is 5.91 Å². The monoisotopic (exact) mass is 434 g/mol. The number of ketones is 1. The van der Waals surface area contributed by atoms with Crippen molar-refractivity contribution < 1.29 is 27.2 Å². The molecule has 0 unspecified atom stereocenters. The zero-order chi connectivity index (χ0) is 21.8. The number of rotatable bonds is 6. The Kier molecular flexibility index (Phi) is 6.21. The molecule has 0 atom stereocenters. The Bertz CT molecular complexity index is 1120. The number of nitrogens with one attached hydrogen (secondary N) is 4. The number of carbonyl (C=O) groups excluding carboxylic acids is 2. The lowest BCUT2D eigenvalue weighted by Crippen LogP contribution is -2.28. The van der Waals surface area contributed by atoms with Gasteiger partial charge in [0, 0.05) is 23.9 Å². The number of amides is 1. The smallest absolute Gasteiger partial charge is 0.268 e. The molecule has 0 radical (unpaired) electrons. The van der Waals surface area contributed by atoms with Gasteiger partial charge in [-0.1, -0.05) is 11.8 Å². The number of hydrogen-bond donors (Lipinski definition) is 4. The number of furan rings is 1. The second-order valence-electron chi connectivity index (χ2n) is 5.89. The van der Waals surface area contributed by atoms with Gasteiger partial charge in [-0.25, -0.2) is 13.2 Å². The van der Waals surface area contributed by atoms with Crippen LogP contribution in [0.5, 0.6) is 0 Å². The molecule has 30 heavy (non-hydrogen) atoms. The lowest BCUT2D eigenvalue weighted by molar-refractivity contribution is 0.0955. The van der Waals surface area contributed by atoms with Crippen LogP contribution in [0.3, 0.4) is 0 Å². The van der Waals surface area contributed by atoms with E-state index in [0.717, 1.165) is 24.0 Å². The topological polar surface area (TPSA) is 123 Å². The van der Waals surface area contributed by atoms with Gasteiger partial charge < -0.3 is 14.7 Å². The average Bonchev–Trinajstić information content (AvgIpc) is 3.37. The number of carbonyl (C=O) groups is 2. The molecule has 3 rings (SSSR count). The molecule has 2 heterocycles. The van der Waals surface area contributed by atoms with E-state index in [1.54, 1.807) is 12.1 Å². The molecule has 1 amide bonds. The zero-order valence-corrected chi connectivity index (χ0v) is 15.8. The predicted molar refractivity (Wildman–Crippen MR) is 104 cm³/mol. The number of benzene rings is 1. The second kappa shape index (κ2) is 8.82. The molecular weight excluding hydrogens is 421 g/mol. The van der Waals surface area contributed by atoms with E-state index in [1.165, 1.54) is 6.26 Å². The largest absolute Gasteiger partial charge is 0.462 e. The molecule has 0 aliphatic carbocycles. The molecule has 7 nitrogen and oxygen atoms in total. The first-order valence-corrected chi connectivity index (χ1v) is 9.11. The molecular formula is C19H13F3N4O3S. The lowest BCUT2D eigenvalue weighted by Gasteiger charge is -2.05. The van der Waals surface area contributed by atoms with Gasteiger partial charge in [0.1, 0.15) is 28.2 Å². The van der Waals surface area contributed by atoms with Crippen LogP contribution in [0.4, 0.5) is 13.2 Å². The van der Waals surface area contributed by atoms with Crippen molar-refractivity contribution in [2.24, 2.45) is 0 Å². The summed E-state index contributed by atoms with van der Waals surface area (Å²) < 4.78 is 45.6. The highest BCUT2D eigenvalue weighted by Gasteiger charge is 2.22. The fourth-order valence-electron chi connectivity index (χ4n) is 2.43. The second-order valence-corrected chi connectivity index (χ2v) is 7.00. The maximum Gasteiger partial charge on any atom is 0.268 e. The van der Waals surface area contributed by atoms with Crippen molar-refractivity contribution in [3.8, 4) is 0 Å². The maximum absolute atomic E-state index is 13.8. The summed E-state index contributed by atoms with van der Waals surface area (Å²) >= 11 is 0.786. The molecule has 3 aromatic rings. The van der Waals surface area contributed by atoms with Gasteiger partial charge in [0.15, 0.2) is 11.5 Å². The van der Waals surface area contributed by atoms with Crippen molar-refractivity contribution in [3.05, 3.63) is 82.8 Å². The van der Waals surface area contributed by atoms with E-state index >= 15 is 0 Å². The first kappa shape index (κ1) is 21.1. The minimum atomic E-state index is -1.35. The van der Waals surface area contributed by atoms with Crippen LogP contribution in [0.2, 0.25) is 0 Å². The Labute approximate surface area is 171 Å². The number of hydrogen-bond acceptors (Lipinski definition) is 6. The van der Waals surface area contributed by atoms with E-state index in [9.17, 15) is 22.8 Å². The van der Waals surface area contributed by atoms with Crippen LogP contribution < -0.4 is 5.32 Å². The van der Waals surface area contributed by atoms with Crippen molar-refractivity contribution in [1.82, 2.24) is 10.3 Å². The fourth-order valence-corrected chi connectivity index (χ4v) is 3.04. The quantitative estimate of drug-likeness (QED) is 0.268. The summed E-state index contributed by atoms with van der Waals surface area (Å²) in [5, 5.41) is 18.0. The van der Waals surface area contributed by atoms with E-state index in [2.05, 4.69) is 10.3 Å². The normalized spacial score (nSPS) is 10.6. The molecule has 4 N–H and O–H groups in total. The SMILES string of the molecule is N=C(CNC(=O)c1cc(C(=O)c2c(F)cc(F)cc2F)c[nH]1)SC(=N)c1ccco1. The molecule has 11 heteroatoms. The molecule has 0 bridgehead atoms. The molecule has 0 saturated heterocycles. The number of aromatic amines is 1. The third kappa shape index (κ3) is 4.69. The number of halogens is 3. The molecule has 0 saturated carbocycles. The van der Waals surface area contributed by atoms with Crippen molar-refractivity contribution in [2.45, 2.75) is 0 Å². The highest BCUT2D eigenvalue weighted by atomic mass is 32.2. The Morgan fingerprint density at radius 2 is 1.83 bits per heavy atom. The first-order valence-electron chi connectivity index (χ1n) is 8.30. The van der Waals surface area contributed by atoms with Crippen LogP contribution in [0, 0.1) is 28.3 Å². The lowest BCUT2D eigenvalue weighted by atomic mass is 10.0. The van der Waals surface area contributed by atoms with E-state index < -0.39 is 34.7 Å². The number of aromatic nitrogens is 1. The summed E-state index contributed by atoms with van der Waals surface area (Å²) in [6, 6.07) is 5.02. The van der Waals surface area contributed by atoms with Crippen LogP contribution in [-0.4, -0.2) is 33.3 Å². The predicted octanol–water partition coefficient (Wildman–Crippen LogP) is 3.72. The Hall–Kier alpha value is -3.60. The summed E-state index contributed by atoms with van der Waals surface area (Å²) in [4.78, 5) is 27.0. The standard InChI is InChI=1S/C19H13F3N4O3S/c20-10-5-11(21)16(12(22)6-10)17(27)9-4-13(25-7-9)19(28)26-8-15(23)30-18(24)14-2-1-3-29-14/h1-7,23-25H,8H2,(H,26,28). The average molecular weight is 434 g/mol. The van der Waals surface area contributed by atoms with E-state index in [-0.39, 0.29) is 33.6 Å². The molecule has 0 spiro atoms. The van der Waals surface area contributed by atoms with Crippen molar-refractivity contribution >= 4 is 33.5 Å². The first-order chi connectivity index (χ1) is 14.3. The van der Waals surface area contributed by atoms with E-state index in [4.69, 9.17) is 15.2 Å². The van der Waals surface area contributed by atoms with Crippen LogP contribution in [0.1, 0.15) is 32.2 Å². The third-order valence-corrected chi connectivity index (χ3v) is 4.60. The van der Waals surface area contributed by atoms with Gasteiger partial charge in [0.05, 0.1) is 23.4 Å². The molecule has 2 aromatic heterocycles. The number of thioether (sulfide) groups is 1. The number of H-pyrrole nitrogens is 1. The van der Waals surface area contributed by atoms with Crippen LogP contribution in [0.25, 0.3) is 0 Å². The third-order valence-electron chi connectivity index (χ3n) is 3.80. The van der Waals surface area contributed by atoms with Crippen molar-refractivity contribution in [1.29, 1.82) is 10.8 Å². The molecule has 154 valence electrons. The van der Waals surface area contributed by atoms with Gasteiger partial charge >= 0.3 is 0 Å². The van der Waals surface area contributed by atoms with Gasteiger partial charge in [-0.05, 0) is 18.2 Å². The highest BCUT2D eigenvalue weighted by molar-refractivity contribution is 8.26. The molecule has 0 fully saturated rings. The maximum atomic E-state index is 13.8. The summed E-state index contributed by atoms with van der Waals surface area (Å²) in [5.74, 6) is -5.32. The summed E-state index contributed by atoms with van der Waals surface area (Å²) in [6.45, 7) is -0.198. The summed E-state index contributed by atoms with van der Waals surface area (Å²) in [7, 11) is 0. The summed E-state index contributed by atoms with van der Waals surface area (Å²) in [6.07, 6.45) is 2.48. The van der Waals surface area contributed by atoms with E-state index in [0.29, 0.717) is 12.1 Å². The van der Waals surface area contributed by atoms with Crippen molar-refractivity contribution in [3.63, 3.8) is 0 Å². The van der Waals surface area contributed by atoms with Crippen LogP contribution in [-0.2, 0) is 0 Å². The Balaban J connectivity index is 1.62. The zero-order valence-electron chi connectivity index (χ0n) is 15.0. The van der Waals surface area contributed by atoms with Gasteiger partial charge in [-0.2, -0.15) is 0 Å². The fraction of sp³-hybridized carbons (Fsp3) is 0.0526. The van der Waals surface area contributed by atoms with Crippen LogP contribution >= 0.6 is 11.8 Å². The minimum absolute atomic E-state index is 0.00430. The Morgan fingerprint density at radius 3 is 2.47 bits per heavy atom. The molecule has 0 aliphatic rings. The summed E-state index contributed by atoms with van der Waals surface area (Å²) in [5.41, 5.74) is -1.22. The van der Waals surface area contributed by atoms with E-state index in [1.807, 2.05) is 0 Å². The molecule has 0 aliphatic heterocycles. The van der Waals surface area contributed by atoms with Crippen LogP contribution in [0.15, 0.2) is 47.2 Å².